The van der Waals surface area contributed by atoms with Gasteiger partial charge in [-0.25, -0.2) is 0 Å². The van der Waals surface area contributed by atoms with Crippen molar-refractivity contribution in [2.24, 2.45) is 0 Å². The Bertz CT molecular complexity index is 706. The summed E-state index contributed by atoms with van der Waals surface area (Å²) in [6, 6.07) is 2.81. The number of hydrogen-bond acceptors (Lipinski definition) is 3. The number of nitrogens with zero attached hydrogens (tertiary/aromatic N) is 1. The normalized spacial score (nSPS) is 16.7. The third-order valence-corrected chi connectivity index (χ3v) is 5.27. The van der Waals surface area contributed by atoms with E-state index >= 15 is 0 Å². The molecule has 0 radical (unpaired) electrons. The Kier molecular flexibility index (Phi) is 7.71. The van der Waals surface area contributed by atoms with Crippen LogP contribution in [0.25, 0.3) is 0 Å². The van der Waals surface area contributed by atoms with Gasteiger partial charge >= 0.3 is 6.18 Å². The molecule has 0 bridgehead atoms. The molecule has 2 amide bonds. The molecule has 28 heavy (non-hydrogen) atoms. The van der Waals surface area contributed by atoms with Crippen LogP contribution in [0.1, 0.15) is 44.6 Å². The summed E-state index contributed by atoms with van der Waals surface area (Å²) in [5.74, 6) is -0.677. The molecule has 0 aliphatic heterocycles. The summed E-state index contributed by atoms with van der Waals surface area (Å²) < 4.78 is 38.7. The number of benzene rings is 1. The van der Waals surface area contributed by atoms with Gasteiger partial charge in [-0.05, 0) is 45.0 Å². The number of nitrogens with one attached hydrogen (secondary N) is 2. The van der Waals surface area contributed by atoms with Crippen LogP contribution in [-0.2, 0) is 15.8 Å². The highest BCUT2D eigenvalue weighted by molar-refractivity contribution is 6.31. The number of hydrogen-bond donors (Lipinski definition) is 2. The Hall–Kier alpha value is -1.80. The van der Waals surface area contributed by atoms with E-state index in [0.717, 1.165) is 37.8 Å². The van der Waals surface area contributed by atoms with Gasteiger partial charge in [0.1, 0.15) is 0 Å². The van der Waals surface area contributed by atoms with Crippen molar-refractivity contribution in [2.45, 2.75) is 57.3 Å². The number of carbonyl (C=O) groups excluding carboxylic acids is 2. The Morgan fingerprint density at radius 2 is 1.89 bits per heavy atom. The molecule has 2 rings (SSSR count). The maximum absolute atomic E-state index is 12.9. The van der Waals surface area contributed by atoms with Gasteiger partial charge in [-0.1, -0.05) is 30.9 Å². The van der Waals surface area contributed by atoms with Crippen LogP contribution in [-0.4, -0.2) is 42.4 Å². The summed E-state index contributed by atoms with van der Waals surface area (Å²) in [5, 5.41) is 4.98. The zero-order chi connectivity index (χ0) is 20.9. The zero-order valence-electron chi connectivity index (χ0n) is 15.9. The van der Waals surface area contributed by atoms with E-state index in [-0.39, 0.29) is 24.2 Å². The highest BCUT2D eigenvalue weighted by Gasteiger charge is 2.33. The van der Waals surface area contributed by atoms with E-state index in [1.165, 1.54) is 12.5 Å². The minimum absolute atomic E-state index is 0.00515. The van der Waals surface area contributed by atoms with Crippen LogP contribution in [0.5, 0.6) is 0 Å². The van der Waals surface area contributed by atoms with Gasteiger partial charge in [-0.3, -0.25) is 14.5 Å². The van der Waals surface area contributed by atoms with Crippen LogP contribution in [0, 0.1) is 0 Å². The molecule has 1 atom stereocenters. The summed E-state index contributed by atoms with van der Waals surface area (Å²) in [6.07, 6.45) is 0.682. The predicted octanol–water partition coefficient (Wildman–Crippen LogP) is 4.07. The highest BCUT2D eigenvalue weighted by atomic mass is 35.5. The zero-order valence-corrected chi connectivity index (χ0v) is 16.7. The Morgan fingerprint density at radius 1 is 1.25 bits per heavy atom. The van der Waals surface area contributed by atoms with Crippen molar-refractivity contribution in [2.75, 3.05) is 18.9 Å². The van der Waals surface area contributed by atoms with Crippen molar-refractivity contribution in [3.8, 4) is 0 Å². The van der Waals surface area contributed by atoms with E-state index < -0.39 is 28.7 Å². The van der Waals surface area contributed by atoms with Crippen LogP contribution in [0.2, 0.25) is 5.02 Å². The second-order valence-electron chi connectivity index (χ2n) is 7.18. The molecular formula is C19H25ClF3N3O2. The van der Waals surface area contributed by atoms with Crippen LogP contribution in [0.15, 0.2) is 18.2 Å². The predicted molar refractivity (Wildman–Crippen MR) is 102 cm³/mol. The average Bonchev–Trinajstić information content (AvgIpc) is 2.62. The van der Waals surface area contributed by atoms with E-state index in [9.17, 15) is 22.8 Å². The molecule has 0 heterocycles. The molecule has 156 valence electrons. The number of amides is 2. The smallest absolute Gasteiger partial charge is 0.352 e. The van der Waals surface area contributed by atoms with Crippen molar-refractivity contribution in [3.05, 3.63) is 28.8 Å². The fourth-order valence-electron chi connectivity index (χ4n) is 3.15. The van der Waals surface area contributed by atoms with Crippen LogP contribution < -0.4 is 10.6 Å². The Morgan fingerprint density at radius 3 is 2.50 bits per heavy atom. The average molecular weight is 420 g/mol. The van der Waals surface area contributed by atoms with Crippen molar-refractivity contribution < 1.29 is 22.8 Å². The largest absolute Gasteiger partial charge is 0.417 e. The van der Waals surface area contributed by atoms with Gasteiger partial charge in [0.05, 0.1) is 23.2 Å². The van der Waals surface area contributed by atoms with E-state index in [1.807, 2.05) is 0 Å². The number of carbonyl (C=O) groups is 2. The lowest BCUT2D eigenvalue weighted by Gasteiger charge is -2.28. The minimum atomic E-state index is -4.61. The summed E-state index contributed by atoms with van der Waals surface area (Å²) >= 11 is 5.57. The molecule has 5 nitrogen and oxygen atoms in total. The van der Waals surface area contributed by atoms with Crippen LogP contribution in [0.4, 0.5) is 18.9 Å². The van der Waals surface area contributed by atoms with E-state index in [1.54, 1.807) is 18.9 Å². The summed E-state index contributed by atoms with van der Waals surface area (Å²) in [7, 11) is 1.62. The van der Waals surface area contributed by atoms with Gasteiger partial charge in [0.15, 0.2) is 0 Å². The van der Waals surface area contributed by atoms with Crippen LogP contribution >= 0.6 is 11.6 Å². The first-order valence-corrected chi connectivity index (χ1v) is 9.63. The lowest BCUT2D eigenvalue weighted by atomic mass is 9.95. The number of likely N-dealkylation sites (N-methyl/N-ethyl adjacent to an activating group) is 1. The van der Waals surface area contributed by atoms with Gasteiger partial charge in [0.2, 0.25) is 11.8 Å². The van der Waals surface area contributed by atoms with E-state index in [4.69, 9.17) is 11.6 Å². The minimum Gasteiger partial charge on any atom is -0.352 e. The summed E-state index contributed by atoms with van der Waals surface area (Å²) in [6.45, 7) is 1.55. The SMILES string of the molecule is CC(C(=O)NC1CCCCC1)N(C)CC(=O)Nc1ccc(Cl)c(C(F)(F)F)c1. The fraction of sp³-hybridized carbons (Fsp3) is 0.579. The molecule has 0 saturated heterocycles. The maximum atomic E-state index is 12.9. The second-order valence-corrected chi connectivity index (χ2v) is 7.58. The molecule has 0 spiro atoms. The fourth-order valence-corrected chi connectivity index (χ4v) is 3.38. The molecule has 1 aliphatic rings. The van der Waals surface area contributed by atoms with Crippen molar-refractivity contribution in [1.82, 2.24) is 10.2 Å². The third-order valence-electron chi connectivity index (χ3n) is 4.94. The first kappa shape index (κ1) is 22.5. The maximum Gasteiger partial charge on any atom is 0.417 e. The first-order chi connectivity index (χ1) is 13.1. The lowest BCUT2D eigenvalue weighted by Crippen LogP contribution is -2.49. The molecule has 0 aromatic heterocycles. The molecule has 1 fully saturated rings. The van der Waals surface area contributed by atoms with Gasteiger partial charge in [-0.2, -0.15) is 13.2 Å². The van der Waals surface area contributed by atoms with E-state index in [2.05, 4.69) is 10.6 Å². The molecule has 2 N–H and O–H groups in total. The van der Waals surface area contributed by atoms with Crippen LogP contribution in [0.3, 0.4) is 0 Å². The third kappa shape index (κ3) is 6.38. The standard InChI is InChI=1S/C19H25ClF3N3O2/c1-12(18(28)25-13-6-4-3-5-7-13)26(2)11-17(27)24-14-8-9-16(20)15(10-14)19(21,22)23/h8-10,12-13H,3-7,11H2,1-2H3,(H,24,27)(H,25,28). The number of anilines is 1. The van der Waals surface area contributed by atoms with E-state index in [0.29, 0.717) is 0 Å². The van der Waals surface area contributed by atoms with Gasteiger partial charge in [-0.15, -0.1) is 0 Å². The highest BCUT2D eigenvalue weighted by Crippen LogP contribution is 2.36. The molecule has 1 unspecified atom stereocenters. The van der Waals surface area contributed by atoms with Gasteiger partial charge in [0, 0.05) is 11.7 Å². The molecule has 1 aromatic carbocycles. The quantitative estimate of drug-likeness (QED) is 0.730. The molecule has 1 aliphatic carbocycles. The van der Waals surface area contributed by atoms with Crippen molar-refractivity contribution in [1.29, 1.82) is 0 Å². The Labute approximate surface area is 167 Å². The topological polar surface area (TPSA) is 61.4 Å². The molecule has 1 saturated carbocycles. The van der Waals surface area contributed by atoms with Gasteiger partial charge < -0.3 is 10.6 Å². The number of rotatable bonds is 6. The van der Waals surface area contributed by atoms with Gasteiger partial charge in [0.25, 0.3) is 0 Å². The molecule has 9 heteroatoms. The lowest BCUT2D eigenvalue weighted by molar-refractivity contribution is -0.137. The second kappa shape index (κ2) is 9.60. The summed E-state index contributed by atoms with van der Waals surface area (Å²) in [5.41, 5.74) is -1.02. The number of halogens is 4. The van der Waals surface area contributed by atoms with Crippen molar-refractivity contribution in [3.63, 3.8) is 0 Å². The number of alkyl halides is 3. The monoisotopic (exact) mass is 419 g/mol. The molecule has 1 aromatic rings. The molecular weight excluding hydrogens is 395 g/mol. The first-order valence-electron chi connectivity index (χ1n) is 9.25. The Balaban J connectivity index is 1.90. The summed E-state index contributed by atoms with van der Waals surface area (Å²) in [4.78, 5) is 26.1. The van der Waals surface area contributed by atoms with Crippen molar-refractivity contribution >= 4 is 29.1 Å².